The number of alkyl halides is 2. The van der Waals surface area contributed by atoms with Gasteiger partial charge in [0.15, 0.2) is 0 Å². The van der Waals surface area contributed by atoms with Crippen LogP contribution in [0.2, 0.25) is 0 Å². The largest absolute Gasteiger partial charge is 0.497 e. The van der Waals surface area contributed by atoms with Crippen LogP contribution >= 0.6 is 23.2 Å². The summed E-state index contributed by atoms with van der Waals surface area (Å²) in [5.74, 6) is 1.13. The molecule has 1 saturated carbocycles. The van der Waals surface area contributed by atoms with Gasteiger partial charge in [-0.25, -0.2) is 0 Å². The van der Waals surface area contributed by atoms with Crippen LogP contribution in [0.25, 0.3) is 0 Å². The van der Waals surface area contributed by atoms with E-state index in [-0.39, 0.29) is 11.8 Å². The lowest BCUT2D eigenvalue weighted by Gasteiger charge is -2.03. The lowest BCUT2D eigenvalue weighted by atomic mass is 10.0. The second-order valence-corrected chi connectivity index (χ2v) is 6.76. The molecule has 1 nitrogen and oxygen atoms in total. The van der Waals surface area contributed by atoms with Crippen LogP contribution in [-0.4, -0.2) is 11.4 Å². The van der Waals surface area contributed by atoms with Gasteiger partial charge in [-0.1, -0.05) is 42.0 Å². The monoisotopic (exact) mass is 306 g/mol. The molecule has 1 fully saturated rings. The number of rotatable bonds is 3. The van der Waals surface area contributed by atoms with E-state index in [0.29, 0.717) is 0 Å². The fourth-order valence-electron chi connectivity index (χ4n) is 2.74. The Balaban J connectivity index is 1.88. The predicted molar refractivity (Wildman–Crippen MR) is 84.1 cm³/mol. The second kappa shape index (κ2) is 4.98. The topological polar surface area (TPSA) is 9.23 Å². The molecule has 2 aromatic rings. The average Bonchev–Trinajstić information content (AvgIpc) is 3.02. The summed E-state index contributed by atoms with van der Waals surface area (Å²) in [6.07, 6.45) is 0. The van der Waals surface area contributed by atoms with Gasteiger partial charge in [-0.2, -0.15) is 0 Å². The summed E-state index contributed by atoms with van der Waals surface area (Å²) in [6, 6.07) is 16.4. The quantitative estimate of drug-likeness (QED) is 0.720. The molecule has 3 heteroatoms. The first-order valence-electron chi connectivity index (χ1n) is 6.62. The molecule has 0 heterocycles. The number of aryl methyl sites for hydroxylation is 1. The Kier molecular flexibility index (Phi) is 3.43. The van der Waals surface area contributed by atoms with E-state index in [4.69, 9.17) is 27.9 Å². The second-order valence-electron chi connectivity index (χ2n) is 5.31. The average molecular weight is 307 g/mol. The fourth-order valence-corrected chi connectivity index (χ4v) is 3.62. The van der Waals surface area contributed by atoms with Crippen molar-refractivity contribution in [1.82, 2.24) is 0 Å². The van der Waals surface area contributed by atoms with Gasteiger partial charge in [0.05, 0.1) is 7.11 Å². The smallest absolute Gasteiger partial charge is 0.133 e. The van der Waals surface area contributed by atoms with Gasteiger partial charge in [0.1, 0.15) is 10.1 Å². The van der Waals surface area contributed by atoms with Gasteiger partial charge in [0.2, 0.25) is 0 Å². The van der Waals surface area contributed by atoms with Gasteiger partial charge in [0, 0.05) is 11.8 Å². The Bertz CT molecular complexity index is 602. The first-order chi connectivity index (χ1) is 9.54. The minimum Gasteiger partial charge on any atom is -0.497 e. The Labute approximate surface area is 129 Å². The lowest BCUT2D eigenvalue weighted by molar-refractivity contribution is 0.414. The van der Waals surface area contributed by atoms with E-state index in [9.17, 15) is 0 Å². The van der Waals surface area contributed by atoms with Crippen LogP contribution in [0.15, 0.2) is 48.5 Å². The van der Waals surface area contributed by atoms with Crippen LogP contribution < -0.4 is 4.74 Å². The molecule has 2 atom stereocenters. The highest BCUT2D eigenvalue weighted by atomic mass is 35.5. The van der Waals surface area contributed by atoms with Crippen LogP contribution in [0.3, 0.4) is 0 Å². The van der Waals surface area contributed by atoms with Gasteiger partial charge in [-0.05, 0) is 30.2 Å². The van der Waals surface area contributed by atoms with Crippen LogP contribution in [0.1, 0.15) is 28.5 Å². The number of hydrogen-bond acceptors (Lipinski definition) is 1. The maximum Gasteiger partial charge on any atom is 0.133 e. The van der Waals surface area contributed by atoms with E-state index in [1.54, 1.807) is 7.11 Å². The standard InChI is InChI=1S/C17H16Cl2O/c1-11-3-5-12(6-4-11)15-16(17(15,18)19)13-7-9-14(20-2)10-8-13/h3-10,15-16H,1-2H3. The highest BCUT2D eigenvalue weighted by Gasteiger charge is 2.64. The number of ether oxygens (including phenoxy) is 1. The minimum absolute atomic E-state index is 0.138. The first-order valence-corrected chi connectivity index (χ1v) is 7.38. The Morgan fingerprint density at radius 3 is 1.75 bits per heavy atom. The first kappa shape index (κ1) is 13.8. The highest BCUT2D eigenvalue weighted by molar-refractivity contribution is 6.52. The summed E-state index contributed by atoms with van der Waals surface area (Å²) >= 11 is 13.0. The molecule has 3 rings (SSSR count). The minimum atomic E-state index is -0.718. The molecule has 0 N–H and O–H groups in total. The van der Waals surface area contributed by atoms with Crippen molar-refractivity contribution < 1.29 is 4.74 Å². The third kappa shape index (κ3) is 2.30. The molecular formula is C17H16Cl2O. The van der Waals surface area contributed by atoms with Crippen molar-refractivity contribution in [2.45, 2.75) is 23.1 Å². The molecule has 20 heavy (non-hydrogen) atoms. The third-order valence-electron chi connectivity index (χ3n) is 3.96. The molecule has 0 saturated heterocycles. The van der Waals surface area contributed by atoms with E-state index in [1.807, 2.05) is 24.3 Å². The molecule has 2 unspecified atom stereocenters. The lowest BCUT2D eigenvalue weighted by Crippen LogP contribution is -1.91. The molecule has 0 radical (unpaired) electrons. The normalized spacial score (nSPS) is 23.4. The molecule has 0 aromatic heterocycles. The fraction of sp³-hybridized carbons (Fsp3) is 0.294. The molecule has 104 valence electrons. The zero-order valence-electron chi connectivity index (χ0n) is 11.4. The third-order valence-corrected chi connectivity index (χ3v) is 4.91. The molecule has 1 aliphatic rings. The molecule has 0 amide bonds. The van der Waals surface area contributed by atoms with Gasteiger partial charge in [0.25, 0.3) is 0 Å². The van der Waals surface area contributed by atoms with Crippen molar-refractivity contribution in [2.75, 3.05) is 7.11 Å². The number of benzene rings is 2. The highest BCUT2D eigenvalue weighted by Crippen LogP contribution is 2.70. The van der Waals surface area contributed by atoms with E-state index >= 15 is 0 Å². The summed E-state index contributed by atoms with van der Waals surface area (Å²) in [4.78, 5) is 0. The van der Waals surface area contributed by atoms with E-state index in [2.05, 4.69) is 31.2 Å². The van der Waals surface area contributed by atoms with Crippen molar-refractivity contribution >= 4 is 23.2 Å². The zero-order chi connectivity index (χ0) is 14.3. The van der Waals surface area contributed by atoms with Crippen LogP contribution in [0.5, 0.6) is 5.75 Å². The van der Waals surface area contributed by atoms with Crippen LogP contribution in [0.4, 0.5) is 0 Å². The molecule has 0 aliphatic heterocycles. The number of methoxy groups -OCH3 is 1. The van der Waals surface area contributed by atoms with Crippen LogP contribution in [-0.2, 0) is 0 Å². The van der Waals surface area contributed by atoms with Gasteiger partial charge >= 0.3 is 0 Å². The number of hydrogen-bond donors (Lipinski definition) is 0. The van der Waals surface area contributed by atoms with Crippen molar-refractivity contribution in [3.8, 4) is 5.75 Å². The Hall–Kier alpha value is -1.18. The van der Waals surface area contributed by atoms with Gasteiger partial charge in [-0.15, -0.1) is 23.2 Å². The summed E-state index contributed by atoms with van der Waals surface area (Å²) < 4.78 is 4.46. The van der Waals surface area contributed by atoms with Gasteiger partial charge in [-0.3, -0.25) is 0 Å². The number of halogens is 2. The molecule has 0 bridgehead atoms. The van der Waals surface area contributed by atoms with Crippen molar-refractivity contribution in [3.05, 3.63) is 65.2 Å². The van der Waals surface area contributed by atoms with Crippen molar-refractivity contribution in [2.24, 2.45) is 0 Å². The summed E-state index contributed by atoms with van der Waals surface area (Å²) in [7, 11) is 1.66. The van der Waals surface area contributed by atoms with E-state index in [0.717, 1.165) is 11.3 Å². The van der Waals surface area contributed by atoms with E-state index in [1.165, 1.54) is 11.1 Å². The van der Waals surface area contributed by atoms with Crippen molar-refractivity contribution in [1.29, 1.82) is 0 Å². The van der Waals surface area contributed by atoms with Crippen LogP contribution in [0, 0.1) is 6.92 Å². The van der Waals surface area contributed by atoms with Gasteiger partial charge < -0.3 is 4.74 Å². The maximum atomic E-state index is 6.49. The molecular weight excluding hydrogens is 291 g/mol. The molecule has 1 aliphatic carbocycles. The Morgan fingerprint density at radius 2 is 1.30 bits per heavy atom. The molecule has 0 spiro atoms. The summed E-state index contributed by atoms with van der Waals surface area (Å²) in [5, 5.41) is 0. The maximum absolute atomic E-state index is 6.49. The zero-order valence-corrected chi connectivity index (χ0v) is 12.9. The SMILES string of the molecule is COc1ccc(C2C(c3ccc(C)cc3)C2(Cl)Cl)cc1. The molecule has 2 aromatic carbocycles. The van der Waals surface area contributed by atoms with E-state index < -0.39 is 4.33 Å². The van der Waals surface area contributed by atoms with Crippen molar-refractivity contribution in [3.63, 3.8) is 0 Å². The summed E-state index contributed by atoms with van der Waals surface area (Å²) in [6.45, 7) is 2.08. The predicted octanol–water partition coefficient (Wildman–Crippen LogP) is 5.06. The summed E-state index contributed by atoms with van der Waals surface area (Å²) in [5.41, 5.74) is 3.59. The Morgan fingerprint density at radius 1 is 0.850 bits per heavy atom.